The average molecular weight is 467 g/mol. The van der Waals surface area contributed by atoms with Gasteiger partial charge in [0.1, 0.15) is 0 Å². The highest BCUT2D eigenvalue weighted by atomic mass is 32.1. The zero-order valence-corrected chi connectivity index (χ0v) is 19.8. The lowest BCUT2D eigenvalue weighted by molar-refractivity contribution is 0.210. The third-order valence-electron chi connectivity index (χ3n) is 4.86. The molecule has 4 aromatic rings. The summed E-state index contributed by atoms with van der Waals surface area (Å²) < 4.78 is 9.60. The quantitative estimate of drug-likeness (QED) is 0.271. The molecule has 0 fully saturated rings. The average Bonchev–Trinajstić information content (AvgIpc) is 3.38. The fourth-order valence-electron chi connectivity index (χ4n) is 3.37. The Morgan fingerprint density at radius 3 is 2.50 bits per heavy atom. The maximum atomic E-state index is 5.51. The predicted molar refractivity (Wildman–Crippen MR) is 132 cm³/mol. The van der Waals surface area contributed by atoms with Crippen LogP contribution >= 0.6 is 23.6 Å². The molecule has 0 aliphatic heterocycles. The van der Waals surface area contributed by atoms with Gasteiger partial charge in [0.2, 0.25) is 5.13 Å². The molecule has 1 N–H and O–H groups in total. The molecule has 0 bridgehead atoms. The topological polar surface area (TPSA) is 60.1 Å². The van der Waals surface area contributed by atoms with Gasteiger partial charge >= 0.3 is 0 Å². The van der Waals surface area contributed by atoms with Crippen LogP contribution in [0, 0.1) is 3.95 Å². The molecule has 9 heteroatoms. The molecule has 0 atom stereocenters. The largest absolute Gasteiger partial charge is 0.383 e. The van der Waals surface area contributed by atoms with E-state index in [1.165, 1.54) is 11.3 Å². The number of methoxy groups -OCH3 is 1. The first-order valence-electron chi connectivity index (χ1n) is 10.3. The zero-order chi connectivity index (χ0) is 22.3. The normalized spacial score (nSPS) is 11.2. The van der Waals surface area contributed by atoms with Gasteiger partial charge in [-0.05, 0) is 31.4 Å². The number of rotatable bonds is 10. The van der Waals surface area contributed by atoms with E-state index in [9.17, 15) is 0 Å². The molecule has 0 amide bonds. The summed E-state index contributed by atoms with van der Waals surface area (Å²) in [5, 5.41) is 13.6. The predicted octanol–water partition coefficient (Wildman–Crippen LogP) is 4.67. The highest BCUT2D eigenvalue weighted by Gasteiger charge is 2.15. The van der Waals surface area contributed by atoms with E-state index >= 15 is 0 Å². The lowest BCUT2D eigenvalue weighted by Gasteiger charge is -2.16. The minimum Gasteiger partial charge on any atom is -0.383 e. The number of nitrogens with zero attached hydrogens (tertiary/aromatic N) is 5. The van der Waals surface area contributed by atoms with Crippen molar-refractivity contribution in [3.8, 4) is 16.9 Å². The molecule has 0 saturated heterocycles. The second-order valence-electron chi connectivity index (χ2n) is 7.40. The number of hydrogen-bond acceptors (Lipinski definition) is 7. The maximum Gasteiger partial charge on any atom is 0.204 e. The number of nitrogens with one attached hydrogen (secondary N) is 1. The summed E-state index contributed by atoms with van der Waals surface area (Å²) in [6.07, 6.45) is 2.10. The Morgan fingerprint density at radius 1 is 1.06 bits per heavy atom. The molecule has 0 radical (unpaired) electrons. The summed E-state index contributed by atoms with van der Waals surface area (Å²) in [6.45, 7) is 2.63. The first-order chi connectivity index (χ1) is 15.6. The van der Waals surface area contributed by atoms with Crippen molar-refractivity contribution < 1.29 is 4.74 Å². The molecule has 7 nitrogen and oxygen atoms in total. The van der Waals surface area contributed by atoms with E-state index in [1.807, 2.05) is 45.8 Å². The van der Waals surface area contributed by atoms with Crippen LogP contribution in [-0.4, -0.2) is 51.8 Å². The van der Waals surface area contributed by atoms with Gasteiger partial charge in [-0.1, -0.05) is 59.9 Å². The highest BCUT2D eigenvalue weighted by molar-refractivity contribution is 7.73. The van der Waals surface area contributed by atoms with Crippen molar-refractivity contribution in [2.45, 2.75) is 13.2 Å². The second-order valence-corrected chi connectivity index (χ2v) is 9.02. The zero-order valence-electron chi connectivity index (χ0n) is 18.1. The minimum absolute atomic E-state index is 0.589. The third-order valence-corrected chi connectivity index (χ3v) is 6.13. The molecule has 0 unspecified atom stereocenters. The van der Waals surface area contributed by atoms with E-state index in [0.717, 1.165) is 31.6 Å². The second kappa shape index (κ2) is 10.6. The Labute approximate surface area is 196 Å². The number of anilines is 1. The van der Waals surface area contributed by atoms with E-state index in [2.05, 4.69) is 52.8 Å². The molecule has 2 aromatic carbocycles. The fraction of sp³-hybridized carbons (Fsp3) is 0.261. The lowest BCUT2D eigenvalue weighted by atomic mass is 10.1. The van der Waals surface area contributed by atoms with E-state index in [1.54, 1.807) is 7.11 Å². The molecular formula is C23H26N6OS2. The molecule has 166 valence electrons. The Bertz CT molecular complexity index is 1190. The molecule has 0 aliphatic rings. The summed E-state index contributed by atoms with van der Waals surface area (Å²) >= 11 is 6.98. The van der Waals surface area contributed by atoms with Crippen molar-refractivity contribution in [3.63, 3.8) is 0 Å². The van der Waals surface area contributed by atoms with Crippen molar-refractivity contribution in [2.24, 2.45) is 0 Å². The van der Waals surface area contributed by atoms with Crippen LogP contribution in [0.25, 0.3) is 16.9 Å². The Hall–Kier alpha value is -2.85. The van der Waals surface area contributed by atoms with Crippen molar-refractivity contribution >= 4 is 28.7 Å². The van der Waals surface area contributed by atoms with E-state index in [0.29, 0.717) is 26.4 Å². The summed E-state index contributed by atoms with van der Waals surface area (Å²) in [6, 6.07) is 20.4. The van der Waals surface area contributed by atoms with Crippen LogP contribution in [0.5, 0.6) is 0 Å². The van der Waals surface area contributed by atoms with Crippen LogP contribution in [-0.2, 0) is 18.0 Å². The van der Waals surface area contributed by atoms with Gasteiger partial charge in [0.15, 0.2) is 3.95 Å². The van der Waals surface area contributed by atoms with Crippen LogP contribution in [0.15, 0.2) is 66.9 Å². The van der Waals surface area contributed by atoms with Gasteiger partial charge in [-0.25, -0.2) is 9.36 Å². The van der Waals surface area contributed by atoms with E-state index in [4.69, 9.17) is 22.1 Å². The van der Waals surface area contributed by atoms with Gasteiger partial charge < -0.3 is 10.1 Å². The van der Waals surface area contributed by atoms with Crippen molar-refractivity contribution in [2.75, 3.05) is 32.6 Å². The van der Waals surface area contributed by atoms with Crippen LogP contribution in [0.1, 0.15) is 5.56 Å². The smallest absolute Gasteiger partial charge is 0.204 e. The number of hydrogen-bond donors (Lipinski definition) is 1. The van der Waals surface area contributed by atoms with Gasteiger partial charge in [0, 0.05) is 37.5 Å². The van der Waals surface area contributed by atoms with Crippen molar-refractivity contribution in [3.05, 3.63) is 76.4 Å². The number of para-hydroxylation sites is 1. The summed E-state index contributed by atoms with van der Waals surface area (Å²) in [5.41, 5.74) is 4.25. The van der Waals surface area contributed by atoms with Crippen LogP contribution in [0.2, 0.25) is 0 Å². The van der Waals surface area contributed by atoms with Crippen molar-refractivity contribution in [1.29, 1.82) is 0 Å². The molecule has 2 aromatic heterocycles. The number of benzene rings is 2. The SMILES string of the molecule is COCCNc1nn(CN(C)Cc2cn(-c3ccccc3)nc2-c2ccccc2)c(=S)s1. The van der Waals surface area contributed by atoms with Gasteiger partial charge in [0.05, 0.1) is 24.7 Å². The molecule has 0 spiro atoms. The molecule has 2 heterocycles. The number of aromatic nitrogens is 4. The third kappa shape index (κ3) is 5.49. The summed E-state index contributed by atoms with van der Waals surface area (Å²) in [7, 11) is 3.74. The summed E-state index contributed by atoms with van der Waals surface area (Å²) in [5.74, 6) is 0. The Morgan fingerprint density at radius 2 is 1.78 bits per heavy atom. The first kappa shape index (κ1) is 22.3. The summed E-state index contributed by atoms with van der Waals surface area (Å²) in [4.78, 5) is 2.19. The molecular weight excluding hydrogens is 440 g/mol. The van der Waals surface area contributed by atoms with Gasteiger partial charge in [0.25, 0.3) is 0 Å². The number of ether oxygens (including phenoxy) is 1. The minimum atomic E-state index is 0.589. The van der Waals surface area contributed by atoms with Crippen molar-refractivity contribution in [1.82, 2.24) is 24.5 Å². The molecule has 32 heavy (non-hydrogen) atoms. The Balaban J connectivity index is 1.54. The highest BCUT2D eigenvalue weighted by Crippen LogP contribution is 2.25. The van der Waals surface area contributed by atoms with E-state index < -0.39 is 0 Å². The first-order valence-corrected chi connectivity index (χ1v) is 11.5. The monoisotopic (exact) mass is 466 g/mol. The maximum absolute atomic E-state index is 5.51. The van der Waals surface area contributed by atoms with Crippen LogP contribution in [0.4, 0.5) is 5.13 Å². The van der Waals surface area contributed by atoms with E-state index in [-0.39, 0.29) is 0 Å². The molecule has 4 rings (SSSR count). The molecule has 0 saturated carbocycles. The molecule has 0 aliphatic carbocycles. The van der Waals surface area contributed by atoms with Gasteiger partial charge in [-0.2, -0.15) is 5.10 Å². The van der Waals surface area contributed by atoms with Gasteiger partial charge in [-0.3, -0.25) is 4.90 Å². The van der Waals surface area contributed by atoms with Crippen LogP contribution in [0.3, 0.4) is 0 Å². The Kier molecular flexibility index (Phi) is 7.43. The van der Waals surface area contributed by atoms with Gasteiger partial charge in [-0.15, -0.1) is 5.10 Å². The fourth-order valence-corrected chi connectivity index (χ4v) is 4.39. The lowest BCUT2D eigenvalue weighted by Crippen LogP contribution is -2.22. The standard InChI is InChI=1S/C23H26N6OS2/c1-27(17-29-23(31)32-22(26-29)24-13-14-30-2)15-19-16-28(20-11-7-4-8-12-20)25-21(19)18-9-5-3-6-10-18/h3-12,16H,13-15,17H2,1-2H3,(H,24,26). The van der Waals surface area contributed by atoms with Crippen LogP contribution < -0.4 is 5.32 Å².